The molecule has 0 spiro atoms. The van der Waals surface area contributed by atoms with Crippen molar-refractivity contribution in [3.05, 3.63) is 48.8 Å². The molecule has 4 heteroatoms. The molecule has 2 aromatic carbocycles. The minimum Gasteiger partial charge on any atom is -0.494 e. The molecule has 4 nitrogen and oxygen atoms in total. The number of aromatic nitrogens is 2. The summed E-state index contributed by atoms with van der Waals surface area (Å²) in [6.07, 6.45) is 2.73. The van der Waals surface area contributed by atoms with Gasteiger partial charge in [0.05, 0.1) is 12.1 Å². The highest BCUT2D eigenvalue weighted by Gasteiger charge is 2.07. The molecule has 1 aromatic heterocycles. The summed E-state index contributed by atoms with van der Waals surface area (Å²) in [7, 11) is 0. The zero-order valence-electron chi connectivity index (χ0n) is 15.1. The molecule has 0 atom stereocenters. The van der Waals surface area contributed by atoms with Crippen LogP contribution in [0.4, 0.5) is 5.82 Å². The molecule has 0 aliphatic rings. The van der Waals surface area contributed by atoms with Crippen LogP contribution in [0.1, 0.15) is 27.2 Å². The van der Waals surface area contributed by atoms with Crippen molar-refractivity contribution in [2.45, 2.75) is 27.2 Å². The molecule has 3 rings (SSSR count). The first-order valence-electron chi connectivity index (χ1n) is 8.89. The van der Waals surface area contributed by atoms with E-state index < -0.39 is 0 Å². The van der Waals surface area contributed by atoms with Crippen LogP contribution in [0.5, 0.6) is 5.75 Å². The third-order valence-electron chi connectivity index (χ3n) is 4.13. The highest BCUT2D eigenvalue weighted by molar-refractivity contribution is 5.92. The van der Waals surface area contributed by atoms with Gasteiger partial charge in [0.25, 0.3) is 0 Å². The van der Waals surface area contributed by atoms with Crippen molar-refractivity contribution in [1.29, 1.82) is 0 Å². The Balaban J connectivity index is 1.94. The van der Waals surface area contributed by atoms with E-state index in [1.807, 2.05) is 25.1 Å². The molecule has 0 radical (unpaired) electrons. The van der Waals surface area contributed by atoms with Crippen LogP contribution in [0.2, 0.25) is 0 Å². The first-order chi connectivity index (χ1) is 12.2. The maximum Gasteiger partial charge on any atom is 0.137 e. The van der Waals surface area contributed by atoms with Crippen LogP contribution in [0.3, 0.4) is 0 Å². The van der Waals surface area contributed by atoms with Crippen molar-refractivity contribution >= 4 is 16.7 Å². The summed E-state index contributed by atoms with van der Waals surface area (Å²) >= 11 is 0. The van der Waals surface area contributed by atoms with E-state index in [0.29, 0.717) is 12.5 Å². The fourth-order valence-electron chi connectivity index (χ4n) is 2.79. The molecule has 0 bridgehead atoms. The molecule has 0 aliphatic carbocycles. The second-order valence-corrected chi connectivity index (χ2v) is 6.52. The van der Waals surface area contributed by atoms with Gasteiger partial charge < -0.3 is 10.1 Å². The molecule has 130 valence electrons. The van der Waals surface area contributed by atoms with Crippen LogP contribution in [0, 0.1) is 5.92 Å². The van der Waals surface area contributed by atoms with Gasteiger partial charge in [-0.1, -0.05) is 32.0 Å². The third kappa shape index (κ3) is 4.27. The number of nitrogens with zero attached hydrogens (tertiary/aromatic N) is 2. The summed E-state index contributed by atoms with van der Waals surface area (Å²) in [5.74, 6) is 2.45. The van der Waals surface area contributed by atoms with E-state index in [1.54, 1.807) is 6.33 Å². The van der Waals surface area contributed by atoms with Crippen LogP contribution in [0.25, 0.3) is 22.0 Å². The van der Waals surface area contributed by atoms with E-state index in [-0.39, 0.29) is 0 Å². The van der Waals surface area contributed by atoms with Gasteiger partial charge in [-0.3, -0.25) is 0 Å². The van der Waals surface area contributed by atoms with Gasteiger partial charge in [0.2, 0.25) is 0 Å². The van der Waals surface area contributed by atoms with Gasteiger partial charge in [0.15, 0.2) is 0 Å². The number of benzene rings is 2. The van der Waals surface area contributed by atoms with Crippen LogP contribution in [0.15, 0.2) is 48.8 Å². The third-order valence-corrected chi connectivity index (χ3v) is 4.13. The van der Waals surface area contributed by atoms with Crippen molar-refractivity contribution in [2.24, 2.45) is 5.92 Å². The molecular weight excluding hydrogens is 310 g/mol. The Bertz CT molecular complexity index is 845. The number of hydrogen-bond acceptors (Lipinski definition) is 4. The molecule has 0 unspecified atom stereocenters. The van der Waals surface area contributed by atoms with Crippen molar-refractivity contribution in [2.75, 3.05) is 18.5 Å². The average Bonchev–Trinajstić information content (AvgIpc) is 2.62. The van der Waals surface area contributed by atoms with Crippen LogP contribution in [-0.4, -0.2) is 23.1 Å². The zero-order chi connectivity index (χ0) is 17.6. The number of rotatable bonds is 7. The van der Waals surface area contributed by atoms with Crippen molar-refractivity contribution in [1.82, 2.24) is 9.97 Å². The lowest BCUT2D eigenvalue weighted by molar-refractivity contribution is 0.340. The molecule has 1 N–H and O–H groups in total. The van der Waals surface area contributed by atoms with Gasteiger partial charge >= 0.3 is 0 Å². The standard InChI is InChI=1S/C21H25N3O/c1-4-25-18-7-5-6-16(12-18)17-8-9-20-19(13-17)21(24-14-23-20)22-11-10-15(2)3/h5-9,12-15H,4,10-11H2,1-3H3,(H,22,23,24). The first kappa shape index (κ1) is 17.2. The minimum atomic E-state index is 0.664. The SMILES string of the molecule is CCOc1cccc(-c2ccc3ncnc(NCCC(C)C)c3c2)c1. The van der Waals surface area contributed by atoms with Gasteiger partial charge in [-0.15, -0.1) is 0 Å². The lowest BCUT2D eigenvalue weighted by Gasteiger charge is -2.11. The summed E-state index contributed by atoms with van der Waals surface area (Å²) in [5.41, 5.74) is 3.22. The lowest BCUT2D eigenvalue weighted by Crippen LogP contribution is -2.06. The van der Waals surface area contributed by atoms with Gasteiger partial charge in [-0.25, -0.2) is 9.97 Å². The van der Waals surface area contributed by atoms with Crippen molar-refractivity contribution < 1.29 is 4.74 Å². The van der Waals surface area contributed by atoms with Gasteiger partial charge in [-0.2, -0.15) is 0 Å². The molecule has 0 amide bonds. The minimum absolute atomic E-state index is 0.664. The van der Waals surface area contributed by atoms with E-state index in [2.05, 4.69) is 53.4 Å². The van der Waals surface area contributed by atoms with Crippen LogP contribution < -0.4 is 10.1 Å². The smallest absolute Gasteiger partial charge is 0.137 e. The fraction of sp³-hybridized carbons (Fsp3) is 0.333. The zero-order valence-corrected chi connectivity index (χ0v) is 15.1. The fourth-order valence-corrected chi connectivity index (χ4v) is 2.79. The van der Waals surface area contributed by atoms with E-state index in [1.165, 1.54) is 0 Å². The summed E-state index contributed by atoms with van der Waals surface area (Å²) in [5, 5.41) is 4.50. The van der Waals surface area contributed by atoms with E-state index >= 15 is 0 Å². The quantitative estimate of drug-likeness (QED) is 0.648. The van der Waals surface area contributed by atoms with E-state index in [4.69, 9.17) is 4.74 Å². The predicted octanol–water partition coefficient (Wildman–Crippen LogP) is 5.15. The molecule has 25 heavy (non-hydrogen) atoms. The van der Waals surface area contributed by atoms with E-state index in [0.717, 1.165) is 46.6 Å². The van der Waals surface area contributed by atoms with Gasteiger partial charge in [0, 0.05) is 11.9 Å². The Morgan fingerprint density at radius 2 is 1.88 bits per heavy atom. The van der Waals surface area contributed by atoms with Crippen LogP contribution >= 0.6 is 0 Å². The molecule has 1 heterocycles. The predicted molar refractivity (Wildman–Crippen MR) is 104 cm³/mol. The first-order valence-corrected chi connectivity index (χ1v) is 8.89. The molecule has 0 aliphatic heterocycles. The number of nitrogens with one attached hydrogen (secondary N) is 1. The molecule has 0 fully saturated rings. The Kier molecular flexibility index (Phi) is 5.49. The Hall–Kier alpha value is -2.62. The van der Waals surface area contributed by atoms with Crippen molar-refractivity contribution in [3.63, 3.8) is 0 Å². The normalized spacial score (nSPS) is 11.0. The number of anilines is 1. The molecule has 3 aromatic rings. The Morgan fingerprint density at radius 1 is 1.04 bits per heavy atom. The summed E-state index contributed by atoms with van der Waals surface area (Å²) in [6, 6.07) is 14.5. The van der Waals surface area contributed by atoms with Crippen molar-refractivity contribution in [3.8, 4) is 16.9 Å². The maximum absolute atomic E-state index is 5.62. The highest BCUT2D eigenvalue weighted by atomic mass is 16.5. The van der Waals surface area contributed by atoms with Gasteiger partial charge in [-0.05, 0) is 54.7 Å². The molecular formula is C21H25N3O. The average molecular weight is 335 g/mol. The number of fused-ring (bicyclic) bond motifs is 1. The topological polar surface area (TPSA) is 47.0 Å². The summed E-state index contributed by atoms with van der Waals surface area (Å²) in [4.78, 5) is 8.83. The molecule has 0 saturated carbocycles. The Morgan fingerprint density at radius 3 is 2.68 bits per heavy atom. The second-order valence-electron chi connectivity index (χ2n) is 6.52. The largest absolute Gasteiger partial charge is 0.494 e. The maximum atomic E-state index is 5.62. The number of hydrogen-bond donors (Lipinski definition) is 1. The lowest BCUT2D eigenvalue weighted by atomic mass is 10.0. The summed E-state index contributed by atoms with van der Waals surface area (Å²) < 4.78 is 5.62. The monoisotopic (exact) mass is 335 g/mol. The Labute approximate surface area is 149 Å². The summed E-state index contributed by atoms with van der Waals surface area (Å²) in [6.45, 7) is 8.02. The van der Waals surface area contributed by atoms with Crippen LogP contribution in [-0.2, 0) is 0 Å². The number of ether oxygens (including phenoxy) is 1. The highest BCUT2D eigenvalue weighted by Crippen LogP contribution is 2.29. The second kappa shape index (κ2) is 7.97. The van der Waals surface area contributed by atoms with Gasteiger partial charge in [0.1, 0.15) is 17.9 Å². The van der Waals surface area contributed by atoms with E-state index in [9.17, 15) is 0 Å². The molecule has 0 saturated heterocycles.